The van der Waals surface area contributed by atoms with E-state index >= 15 is 0 Å². The maximum absolute atomic E-state index is 11.0. The van der Waals surface area contributed by atoms with Gasteiger partial charge in [0.15, 0.2) is 14.4 Å². The van der Waals surface area contributed by atoms with Crippen LogP contribution in [-0.4, -0.2) is 24.4 Å². The van der Waals surface area contributed by atoms with Gasteiger partial charge < -0.3 is 5.11 Å². The molecule has 0 aliphatic carbocycles. The van der Waals surface area contributed by atoms with Crippen molar-refractivity contribution in [2.75, 3.05) is 7.11 Å². The maximum atomic E-state index is 11.0. The van der Waals surface area contributed by atoms with Gasteiger partial charge in [-0.3, -0.25) is 0 Å². The standard InChI is InChI=1S/C8H10BNO3/c1-9-6-3-7(10(12)13-2)5-8(11)4-6/h3-5,9H,1-2H3/p+1. The summed E-state index contributed by atoms with van der Waals surface area (Å²) in [5.41, 5.74) is 1.20. The maximum Gasteiger partial charge on any atom is 0.319 e. The van der Waals surface area contributed by atoms with E-state index < -0.39 is 0 Å². The van der Waals surface area contributed by atoms with E-state index in [-0.39, 0.29) is 5.75 Å². The molecule has 1 N–H and O–H groups in total. The second kappa shape index (κ2) is 3.93. The predicted molar refractivity (Wildman–Crippen MR) is 51.1 cm³/mol. The van der Waals surface area contributed by atoms with Gasteiger partial charge in [0.05, 0.1) is 11.0 Å². The summed E-state index contributed by atoms with van der Waals surface area (Å²) in [5, 5.41) is 9.25. The van der Waals surface area contributed by atoms with Gasteiger partial charge in [0, 0.05) is 6.07 Å². The third-order valence-corrected chi connectivity index (χ3v) is 1.75. The molecule has 0 fully saturated rings. The van der Waals surface area contributed by atoms with E-state index in [0.717, 1.165) is 12.7 Å². The Morgan fingerprint density at radius 2 is 2.15 bits per heavy atom. The lowest BCUT2D eigenvalue weighted by atomic mass is 9.73. The predicted octanol–water partition coefficient (Wildman–Crippen LogP) is 0.474. The van der Waals surface area contributed by atoms with E-state index in [1.54, 1.807) is 12.1 Å². The Bertz CT molecular complexity index is 327. The summed E-state index contributed by atoms with van der Waals surface area (Å²) < 4.78 is 0. The van der Waals surface area contributed by atoms with Crippen molar-refractivity contribution in [2.24, 2.45) is 0 Å². The number of nitrogens with zero attached hydrogens (tertiary/aromatic N) is 1. The van der Waals surface area contributed by atoms with Crippen LogP contribution in [0.5, 0.6) is 5.75 Å². The highest BCUT2D eigenvalue weighted by molar-refractivity contribution is 6.52. The molecular weight excluding hydrogens is 169 g/mol. The molecule has 0 radical (unpaired) electrons. The quantitative estimate of drug-likeness (QED) is 0.543. The third kappa shape index (κ3) is 2.21. The smallest absolute Gasteiger partial charge is 0.319 e. The van der Waals surface area contributed by atoms with Gasteiger partial charge in [-0.25, -0.2) is 4.84 Å². The molecule has 0 aliphatic rings. The molecule has 1 aromatic rings. The lowest BCUT2D eigenvalue weighted by Crippen LogP contribution is -2.11. The van der Waals surface area contributed by atoms with E-state index in [4.69, 9.17) is 0 Å². The fraction of sp³-hybridized carbons (Fsp3) is 0.250. The van der Waals surface area contributed by atoms with E-state index in [1.165, 1.54) is 13.2 Å². The molecule has 68 valence electrons. The first-order valence-corrected chi connectivity index (χ1v) is 4.01. The van der Waals surface area contributed by atoms with Crippen molar-refractivity contribution in [3.05, 3.63) is 23.1 Å². The zero-order chi connectivity index (χ0) is 9.84. The van der Waals surface area contributed by atoms with E-state index in [9.17, 15) is 10.0 Å². The summed E-state index contributed by atoms with van der Waals surface area (Å²) in [6, 6.07) is 4.65. The Morgan fingerprint density at radius 1 is 1.46 bits per heavy atom. The highest BCUT2D eigenvalue weighted by Crippen LogP contribution is 2.16. The Morgan fingerprint density at radius 3 is 2.69 bits per heavy atom. The van der Waals surface area contributed by atoms with E-state index in [2.05, 4.69) is 4.84 Å². The number of phenols is 1. The molecule has 4 nitrogen and oxygen atoms in total. The van der Waals surface area contributed by atoms with Crippen molar-refractivity contribution < 1.29 is 14.9 Å². The Hall–Kier alpha value is -1.52. The van der Waals surface area contributed by atoms with Gasteiger partial charge in [-0.2, -0.15) is 0 Å². The molecule has 13 heavy (non-hydrogen) atoms. The highest BCUT2D eigenvalue weighted by atomic mass is 16.8. The summed E-state index contributed by atoms with van der Waals surface area (Å²) >= 11 is 0. The van der Waals surface area contributed by atoms with E-state index in [1.807, 2.05) is 6.82 Å². The van der Waals surface area contributed by atoms with Crippen LogP contribution < -0.4 is 5.46 Å². The third-order valence-electron chi connectivity index (χ3n) is 1.75. The molecule has 1 rings (SSSR count). The average molecular weight is 180 g/mol. The molecule has 0 aromatic heterocycles. The molecule has 0 saturated carbocycles. The topological polar surface area (TPSA) is 49.5 Å². The molecule has 0 aliphatic heterocycles. The number of phenolic OH excluding ortho intramolecular Hbond substituents is 1. The normalized spacial score (nSPS) is 9.38. The molecule has 0 atom stereocenters. The summed E-state index contributed by atoms with van der Waals surface area (Å²) in [6.45, 7) is 1.94. The molecule has 0 saturated heterocycles. The Kier molecular flexibility index (Phi) is 2.90. The summed E-state index contributed by atoms with van der Waals surface area (Å²) in [4.78, 5) is 15.8. The van der Waals surface area contributed by atoms with Crippen LogP contribution in [0.15, 0.2) is 18.2 Å². The largest absolute Gasteiger partial charge is 0.508 e. The molecule has 0 amide bonds. The monoisotopic (exact) mass is 180 g/mol. The SMILES string of the molecule is CBc1cc(O)cc([N+](=O)OC)c1. The molecule has 0 bridgehead atoms. The molecule has 5 heteroatoms. The van der Waals surface area contributed by atoms with Crippen molar-refractivity contribution in [1.82, 2.24) is 0 Å². The first-order chi connectivity index (χ1) is 6.17. The molecular formula is C8H11BNO3+. The Balaban J connectivity index is 3.08. The van der Waals surface area contributed by atoms with Crippen molar-refractivity contribution in [3.63, 3.8) is 0 Å². The number of rotatable bonds is 3. The number of aromatic hydroxyl groups is 1. The van der Waals surface area contributed by atoms with E-state index in [0.29, 0.717) is 10.6 Å². The first-order valence-electron chi connectivity index (χ1n) is 4.01. The van der Waals surface area contributed by atoms with Gasteiger partial charge in [-0.1, -0.05) is 12.3 Å². The van der Waals surface area contributed by atoms with Crippen LogP contribution >= 0.6 is 0 Å². The van der Waals surface area contributed by atoms with Gasteiger partial charge in [0.25, 0.3) is 4.92 Å². The minimum Gasteiger partial charge on any atom is -0.508 e. The molecule has 0 spiro atoms. The van der Waals surface area contributed by atoms with Gasteiger partial charge in [-0.15, -0.1) is 0 Å². The summed E-state index contributed by atoms with van der Waals surface area (Å²) in [6.07, 6.45) is 0. The number of hydrogen-bond donors (Lipinski definition) is 1. The average Bonchev–Trinajstić information content (AvgIpc) is 2.15. The minimum atomic E-state index is 0.0762. The zero-order valence-electron chi connectivity index (χ0n) is 7.65. The van der Waals surface area contributed by atoms with Crippen LogP contribution in [0.4, 0.5) is 5.69 Å². The fourth-order valence-corrected chi connectivity index (χ4v) is 1.07. The molecule has 1 aromatic carbocycles. The van der Waals surface area contributed by atoms with Crippen LogP contribution in [0.25, 0.3) is 0 Å². The van der Waals surface area contributed by atoms with Crippen LogP contribution in [0.2, 0.25) is 6.82 Å². The number of benzene rings is 1. The van der Waals surface area contributed by atoms with Crippen LogP contribution in [0, 0.1) is 4.91 Å². The summed E-state index contributed by atoms with van der Waals surface area (Å²) in [5.74, 6) is 0.0762. The molecule has 0 unspecified atom stereocenters. The highest BCUT2D eigenvalue weighted by Gasteiger charge is 2.15. The zero-order valence-corrected chi connectivity index (χ0v) is 7.65. The second-order valence-electron chi connectivity index (χ2n) is 2.65. The lowest BCUT2D eigenvalue weighted by Gasteiger charge is -1.96. The van der Waals surface area contributed by atoms with Crippen molar-refractivity contribution in [2.45, 2.75) is 6.82 Å². The first kappa shape index (κ1) is 9.57. The van der Waals surface area contributed by atoms with Gasteiger partial charge >= 0.3 is 5.69 Å². The van der Waals surface area contributed by atoms with Crippen LogP contribution in [-0.2, 0) is 4.84 Å². The van der Waals surface area contributed by atoms with Crippen molar-refractivity contribution in [3.8, 4) is 5.75 Å². The van der Waals surface area contributed by atoms with Crippen molar-refractivity contribution >= 4 is 18.4 Å². The minimum absolute atomic E-state index is 0.0762. The van der Waals surface area contributed by atoms with Gasteiger partial charge in [-0.05, 0) is 6.07 Å². The Labute approximate surface area is 76.9 Å². The second-order valence-corrected chi connectivity index (χ2v) is 2.65. The van der Waals surface area contributed by atoms with Crippen LogP contribution in [0.1, 0.15) is 0 Å². The summed E-state index contributed by atoms with van der Waals surface area (Å²) in [7, 11) is 2.04. The lowest BCUT2D eigenvalue weighted by molar-refractivity contribution is -0.736. The molecule has 0 heterocycles. The van der Waals surface area contributed by atoms with Gasteiger partial charge in [0.1, 0.15) is 5.75 Å². The van der Waals surface area contributed by atoms with Crippen molar-refractivity contribution in [1.29, 1.82) is 0 Å². The fourth-order valence-electron chi connectivity index (χ4n) is 1.07. The number of hydrogen-bond acceptors (Lipinski definition) is 3. The van der Waals surface area contributed by atoms with Gasteiger partial charge in [0.2, 0.25) is 0 Å². The van der Waals surface area contributed by atoms with Crippen LogP contribution in [0.3, 0.4) is 0 Å².